The molecular formula is C17H20O5S. The molecule has 2 aromatic rings. The lowest BCUT2D eigenvalue weighted by Gasteiger charge is -2.10. The zero-order valence-corrected chi connectivity index (χ0v) is 14.2. The average Bonchev–Trinajstić information content (AvgIpc) is 2.55. The van der Waals surface area contributed by atoms with Crippen molar-refractivity contribution in [3.8, 4) is 11.5 Å². The van der Waals surface area contributed by atoms with Crippen LogP contribution in [0.1, 0.15) is 11.1 Å². The maximum Gasteiger partial charge on any atom is 0.296 e. The smallest absolute Gasteiger partial charge is 0.296 e. The molecule has 5 nitrogen and oxygen atoms in total. The summed E-state index contributed by atoms with van der Waals surface area (Å²) >= 11 is 0. The summed E-state index contributed by atoms with van der Waals surface area (Å²) < 4.78 is 39.7. The third kappa shape index (κ3) is 4.46. The first-order valence-corrected chi connectivity index (χ1v) is 8.54. The van der Waals surface area contributed by atoms with E-state index < -0.39 is 10.1 Å². The molecule has 0 spiro atoms. The van der Waals surface area contributed by atoms with Crippen molar-refractivity contribution in [2.24, 2.45) is 0 Å². The fraction of sp³-hybridized carbons (Fsp3) is 0.294. The minimum Gasteiger partial charge on any atom is -0.493 e. The van der Waals surface area contributed by atoms with Crippen LogP contribution in [-0.2, 0) is 20.7 Å². The van der Waals surface area contributed by atoms with Crippen LogP contribution in [0.3, 0.4) is 0 Å². The molecule has 2 rings (SSSR count). The molecule has 0 unspecified atom stereocenters. The maximum absolute atomic E-state index is 12.1. The summed E-state index contributed by atoms with van der Waals surface area (Å²) in [5, 5.41) is 0. The van der Waals surface area contributed by atoms with Crippen LogP contribution in [0.5, 0.6) is 11.5 Å². The van der Waals surface area contributed by atoms with Gasteiger partial charge in [-0.25, -0.2) is 0 Å². The van der Waals surface area contributed by atoms with Gasteiger partial charge in [-0.2, -0.15) is 8.42 Å². The summed E-state index contributed by atoms with van der Waals surface area (Å²) in [7, 11) is -0.612. The number of hydrogen-bond donors (Lipinski definition) is 0. The quantitative estimate of drug-likeness (QED) is 0.728. The number of aryl methyl sites for hydroxylation is 1. The fourth-order valence-electron chi connectivity index (χ4n) is 2.08. The van der Waals surface area contributed by atoms with E-state index in [4.69, 9.17) is 13.7 Å². The second-order valence-corrected chi connectivity index (χ2v) is 6.64. The molecule has 0 fully saturated rings. The highest BCUT2D eigenvalue weighted by Crippen LogP contribution is 2.27. The number of hydrogen-bond acceptors (Lipinski definition) is 5. The van der Waals surface area contributed by atoms with E-state index >= 15 is 0 Å². The predicted molar refractivity (Wildman–Crippen MR) is 87.6 cm³/mol. The molecule has 0 amide bonds. The first-order valence-electron chi connectivity index (χ1n) is 7.13. The van der Waals surface area contributed by atoms with E-state index in [0.717, 1.165) is 11.1 Å². The summed E-state index contributed by atoms with van der Waals surface area (Å²) in [4.78, 5) is 0.162. The molecule has 0 heterocycles. The zero-order chi connectivity index (χ0) is 16.9. The topological polar surface area (TPSA) is 61.8 Å². The van der Waals surface area contributed by atoms with Gasteiger partial charge in [-0.1, -0.05) is 23.8 Å². The molecule has 0 aliphatic heterocycles. The molecule has 0 N–H and O–H groups in total. The Kier molecular flexibility index (Phi) is 5.63. The Bertz CT molecular complexity index is 751. The van der Waals surface area contributed by atoms with Gasteiger partial charge in [-0.3, -0.25) is 4.18 Å². The van der Waals surface area contributed by atoms with E-state index in [1.807, 2.05) is 13.0 Å². The second-order valence-electron chi connectivity index (χ2n) is 5.03. The minimum atomic E-state index is -3.73. The van der Waals surface area contributed by atoms with Crippen molar-refractivity contribution >= 4 is 10.1 Å². The molecule has 0 saturated carbocycles. The van der Waals surface area contributed by atoms with Crippen LogP contribution in [0, 0.1) is 6.92 Å². The highest BCUT2D eigenvalue weighted by Gasteiger charge is 2.14. The van der Waals surface area contributed by atoms with Crippen molar-refractivity contribution in [1.29, 1.82) is 0 Å². The summed E-state index contributed by atoms with van der Waals surface area (Å²) in [6, 6.07) is 12.0. The van der Waals surface area contributed by atoms with Gasteiger partial charge in [0.25, 0.3) is 10.1 Å². The number of rotatable bonds is 7. The van der Waals surface area contributed by atoms with Crippen LogP contribution in [0.15, 0.2) is 47.4 Å². The van der Waals surface area contributed by atoms with Crippen molar-refractivity contribution in [3.05, 3.63) is 53.6 Å². The van der Waals surface area contributed by atoms with E-state index in [0.29, 0.717) is 17.9 Å². The summed E-state index contributed by atoms with van der Waals surface area (Å²) in [6.07, 6.45) is 0.450. The highest BCUT2D eigenvalue weighted by molar-refractivity contribution is 7.86. The second kappa shape index (κ2) is 7.48. The zero-order valence-electron chi connectivity index (χ0n) is 13.4. The van der Waals surface area contributed by atoms with E-state index in [1.165, 1.54) is 0 Å². The van der Waals surface area contributed by atoms with Crippen LogP contribution in [-0.4, -0.2) is 29.2 Å². The first-order chi connectivity index (χ1) is 11.0. The van der Waals surface area contributed by atoms with Crippen LogP contribution in [0.2, 0.25) is 0 Å². The van der Waals surface area contributed by atoms with E-state index in [-0.39, 0.29) is 11.5 Å². The molecule has 0 aliphatic rings. The molecule has 0 aromatic heterocycles. The van der Waals surface area contributed by atoms with Crippen LogP contribution in [0.4, 0.5) is 0 Å². The van der Waals surface area contributed by atoms with Gasteiger partial charge in [0.15, 0.2) is 11.5 Å². The van der Waals surface area contributed by atoms with Gasteiger partial charge in [0.2, 0.25) is 0 Å². The Labute approximate surface area is 136 Å². The van der Waals surface area contributed by atoms with Gasteiger partial charge in [0, 0.05) is 0 Å². The van der Waals surface area contributed by atoms with Crippen LogP contribution in [0.25, 0.3) is 0 Å². The standard InChI is InChI=1S/C17H20O5S/c1-13-4-7-15(8-5-13)23(18,19)22-11-10-14-6-9-16(20-2)17(12-14)21-3/h4-9,12H,10-11H2,1-3H3. The molecule has 0 bridgehead atoms. The van der Waals surface area contributed by atoms with Crippen molar-refractivity contribution in [2.75, 3.05) is 20.8 Å². The molecule has 2 aromatic carbocycles. The monoisotopic (exact) mass is 336 g/mol. The van der Waals surface area contributed by atoms with E-state index in [2.05, 4.69) is 0 Å². The lowest BCUT2D eigenvalue weighted by Crippen LogP contribution is -2.09. The van der Waals surface area contributed by atoms with Crippen LogP contribution < -0.4 is 9.47 Å². The molecule has 23 heavy (non-hydrogen) atoms. The van der Waals surface area contributed by atoms with Gasteiger partial charge in [0.1, 0.15) is 0 Å². The normalized spacial score (nSPS) is 11.3. The Balaban J connectivity index is 2.00. The molecule has 0 saturated heterocycles. The average molecular weight is 336 g/mol. The number of ether oxygens (including phenoxy) is 2. The largest absolute Gasteiger partial charge is 0.493 e. The Morgan fingerprint density at radius 1 is 0.913 bits per heavy atom. The molecule has 6 heteroatoms. The van der Waals surface area contributed by atoms with Crippen molar-refractivity contribution < 1.29 is 22.1 Å². The molecule has 0 radical (unpaired) electrons. The van der Waals surface area contributed by atoms with E-state index in [1.54, 1.807) is 50.6 Å². The first kappa shape index (κ1) is 17.3. The van der Waals surface area contributed by atoms with Crippen LogP contribution >= 0.6 is 0 Å². The molecule has 0 aliphatic carbocycles. The third-order valence-corrected chi connectivity index (χ3v) is 4.71. The maximum atomic E-state index is 12.1. The number of benzene rings is 2. The Morgan fingerprint density at radius 3 is 2.17 bits per heavy atom. The fourth-order valence-corrected chi connectivity index (χ4v) is 2.99. The molecule has 124 valence electrons. The lowest BCUT2D eigenvalue weighted by atomic mass is 10.1. The lowest BCUT2D eigenvalue weighted by molar-refractivity contribution is 0.321. The van der Waals surface area contributed by atoms with E-state index in [9.17, 15) is 8.42 Å². The summed E-state index contributed by atoms with van der Waals surface area (Å²) in [5.74, 6) is 1.23. The van der Waals surface area contributed by atoms with Crippen molar-refractivity contribution in [2.45, 2.75) is 18.2 Å². The van der Waals surface area contributed by atoms with Crippen molar-refractivity contribution in [3.63, 3.8) is 0 Å². The Hall–Kier alpha value is -2.05. The third-order valence-electron chi connectivity index (χ3n) is 3.39. The number of methoxy groups -OCH3 is 2. The minimum absolute atomic E-state index is 0.0612. The van der Waals surface area contributed by atoms with Gasteiger partial charge in [0.05, 0.1) is 25.7 Å². The predicted octanol–water partition coefficient (Wildman–Crippen LogP) is 2.96. The molecular weight excluding hydrogens is 316 g/mol. The van der Waals surface area contributed by atoms with Crippen molar-refractivity contribution in [1.82, 2.24) is 0 Å². The van der Waals surface area contributed by atoms with Gasteiger partial charge in [-0.15, -0.1) is 0 Å². The SMILES string of the molecule is COc1ccc(CCOS(=O)(=O)c2ccc(C)cc2)cc1OC. The Morgan fingerprint density at radius 2 is 1.57 bits per heavy atom. The van der Waals surface area contributed by atoms with Gasteiger partial charge in [-0.05, 0) is 43.2 Å². The summed E-state index contributed by atoms with van der Waals surface area (Å²) in [5.41, 5.74) is 1.90. The summed E-state index contributed by atoms with van der Waals surface area (Å²) in [6.45, 7) is 1.96. The van der Waals surface area contributed by atoms with Gasteiger partial charge < -0.3 is 9.47 Å². The highest BCUT2D eigenvalue weighted by atomic mass is 32.2. The molecule has 0 atom stereocenters. The van der Waals surface area contributed by atoms with Gasteiger partial charge >= 0.3 is 0 Å².